The molecule has 0 saturated carbocycles. The second-order valence-corrected chi connectivity index (χ2v) is 11.7. The van der Waals surface area contributed by atoms with Crippen molar-refractivity contribution in [3.8, 4) is 23.3 Å². The molecular weight excluding hydrogens is 568 g/mol. The lowest BCUT2D eigenvalue weighted by Gasteiger charge is -2.28. The zero-order valence-electron chi connectivity index (χ0n) is 24.8. The summed E-state index contributed by atoms with van der Waals surface area (Å²) in [6.45, 7) is 5.57. The van der Waals surface area contributed by atoms with E-state index in [0.717, 1.165) is 39.4 Å². The standard InChI is InChI=1S/C36H34N4O3S/c1-3-44(41)39-35-13-6-14-36(27(35)2)40(25-30-9-4-8-29(20-30)22-37)24-28-15-17-32(18-16-28)43-34-12-5-11-33(21-34)42-26-31-10-7-19-38-23-31/h4-21,23,39H,3,24-26H2,1-2H3. The van der Waals surface area contributed by atoms with E-state index in [2.05, 4.69) is 38.9 Å². The van der Waals surface area contributed by atoms with Crippen molar-refractivity contribution in [3.63, 3.8) is 0 Å². The van der Waals surface area contributed by atoms with Gasteiger partial charge >= 0.3 is 0 Å². The van der Waals surface area contributed by atoms with Crippen LogP contribution in [0, 0.1) is 18.3 Å². The lowest BCUT2D eigenvalue weighted by atomic mass is 10.1. The fourth-order valence-electron chi connectivity index (χ4n) is 4.75. The van der Waals surface area contributed by atoms with Crippen LogP contribution in [0.4, 0.5) is 11.4 Å². The van der Waals surface area contributed by atoms with Gasteiger partial charge in [0.25, 0.3) is 0 Å². The molecule has 1 heterocycles. The number of ether oxygens (including phenoxy) is 2. The van der Waals surface area contributed by atoms with Gasteiger partial charge in [-0.1, -0.05) is 49.4 Å². The summed E-state index contributed by atoms with van der Waals surface area (Å²) in [4.78, 5) is 6.40. The molecule has 5 aromatic rings. The van der Waals surface area contributed by atoms with Gasteiger partial charge in [-0.3, -0.25) is 4.98 Å². The summed E-state index contributed by atoms with van der Waals surface area (Å²) in [6.07, 6.45) is 3.53. The van der Waals surface area contributed by atoms with Crippen molar-refractivity contribution in [2.24, 2.45) is 0 Å². The van der Waals surface area contributed by atoms with Gasteiger partial charge in [0.05, 0.1) is 17.3 Å². The minimum absolute atomic E-state index is 0.429. The molecule has 0 aliphatic rings. The van der Waals surface area contributed by atoms with E-state index in [4.69, 9.17) is 9.47 Å². The first kappa shape index (κ1) is 30.3. The molecule has 0 fully saturated rings. The largest absolute Gasteiger partial charge is 0.489 e. The number of pyridine rings is 1. The molecule has 1 atom stereocenters. The third kappa shape index (κ3) is 8.24. The van der Waals surface area contributed by atoms with Gasteiger partial charge in [-0.25, -0.2) is 4.21 Å². The first-order valence-electron chi connectivity index (χ1n) is 14.4. The van der Waals surface area contributed by atoms with Crippen LogP contribution in [0.25, 0.3) is 0 Å². The van der Waals surface area contributed by atoms with E-state index in [1.807, 2.05) is 98.8 Å². The van der Waals surface area contributed by atoms with Crippen molar-refractivity contribution < 1.29 is 13.7 Å². The third-order valence-electron chi connectivity index (χ3n) is 7.03. The number of aromatic nitrogens is 1. The monoisotopic (exact) mass is 602 g/mol. The fraction of sp³-hybridized carbons (Fsp3) is 0.167. The quantitative estimate of drug-likeness (QED) is 0.147. The highest BCUT2D eigenvalue weighted by molar-refractivity contribution is 7.86. The molecule has 0 saturated heterocycles. The van der Waals surface area contributed by atoms with E-state index >= 15 is 0 Å². The summed E-state index contributed by atoms with van der Waals surface area (Å²) in [5.74, 6) is 2.64. The SMILES string of the molecule is CCS(=O)Nc1cccc(N(Cc2ccc(Oc3cccc(OCc4cccnc4)c3)cc2)Cc2cccc(C#N)c2)c1C. The molecular formula is C36H34N4O3S. The molecule has 44 heavy (non-hydrogen) atoms. The van der Waals surface area contributed by atoms with Gasteiger partial charge in [0.2, 0.25) is 0 Å². The lowest BCUT2D eigenvalue weighted by molar-refractivity contribution is 0.304. The van der Waals surface area contributed by atoms with E-state index in [0.29, 0.717) is 42.5 Å². The fourth-order valence-corrected chi connectivity index (χ4v) is 5.37. The molecule has 0 spiro atoms. The van der Waals surface area contributed by atoms with Crippen molar-refractivity contribution in [2.75, 3.05) is 15.4 Å². The molecule has 0 aliphatic heterocycles. The maximum absolute atomic E-state index is 12.3. The number of nitrogens with one attached hydrogen (secondary N) is 1. The molecule has 0 radical (unpaired) electrons. The van der Waals surface area contributed by atoms with E-state index in [1.165, 1.54) is 0 Å². The van der Waals surface area contributed by atoms with E-state index in [1.54, 1.807) is 12.4 Å². The summed E-state index contributed by atoms with van der Waals surface area (Å²) in [6, 6.07) is 35.4. The minimum Gasteiger partial charge on any atom is -0.489 e. The Labute approximate surface area is 261 Å². The molecule has 0 aliphatic carbocycles. The Hall–Kier alpha value is -5.13. The molecule has 1 unspecified atom stereocenters. The molecule has 4 aromatic carbocycles. The Balaban J connectivity index is 1.32. The second-order valence-electron chi connectivity index (χ2n) is 10.2. The Morgan fingerprint density at radius 3 is 2.36 bits per heavy atom. The predicted octanol–water partition coefficient (Wildman–Crippen LogP) is 7.94. The lowest BCUT2D eigenvalue weighted by Crippen LogP contribution is -2.23. The smallest absolute Gasteiger partial charge is 0.131 e. The Morgan fingerprint density at radius 2 is 1.59 bits per heavy atom. The molecule has 1 N–H and O–H groups in total. The number of nitriles is 1. The van der Waals surface area contributed by atoms with Crippen LogP contribution in [0.1, 0.15) is 34.7 Å². The summed E-state index contributed by atoms with van der Waals surface area (Å²) in [5, 5.41) is 9.44. The highest BCUT2D eigenvalue weighted by Gasteiger charge is 2.15. The van der Waals surface area contributed by atoms with Gasteiger partial charge in [0.15, 0.2) is 0 Å². The van der Waals surface area contributed by atoms with Crippen LogP contribution >= 0.6 is 0 Å². The first-order valence-corrected chi connectivity index (χ1v) is 15.7. The number of rotatable bonds is 13. The number of benzene rings is 4. The van der Waals surface area contributed by atoms with Crippen LogP contribution in [0.2, 0.25) is 0 Å². The van der Waals surface area contributed by atoms with Crippen LogP contribution < -0.4 is 19.1 Å². The number of hydrogen-bond donors (Lipinski definition) is 1. The van der Waals surface area contributed by atoms with Crippen molar-refractivity contribution in [3.05, 3.63) is 143 Å². The van der Waals surface area contributed by atoms with Gasteiger partial charge in [-0.2, -0.15) is 5.26 Å². The average Bonchev–Trinajstić information content (AvgIpc) is 3.06. The molecule has 8 heteroatoms. The Bertz CT molecular complexity index is 1750. The Morgan fingerprint density at radius 1 is 0.841 bits per heavy atom. The second kappa shape index (κ2) is 14.9. The van der Waals surface area contributed by atoms with Crippen LogP contribution in [0.5, 0.6) is 17.2 Å². The van der Waals surface area contributed by atoms with Crippen LogP contribution in [0.15, 0.2) is 116 Å². The zero-order chi connectivity index (χ0) is 30.7. The molecule has 5 rings (SSSR count). The molecule has 0 amide bonds. The number of anilines is 2. The molecule has 1 aromatic heterocycles. The van der Waals surface area contributed by atoms with Gasteiger partial charge in [-0.15, -0.1) is 0 Å². The highest BCUT2D eigenvalue weighted by atomic mass is 32.2. The first-order chi connectivity index (χ1) is 21.5. The van der Waals surface area contributed by atoms with Gasteiger partial charge in [-0.05, 0) is 78.2 Å². The maximum atomic E-state index is 12.3. The van der Waals surface area contributed by atoms with E-state index < -0.39 is 11.0 Å². The summed E-state index contributed by atoms with van der Waals surface area (Å²) in [7, 11) is -1.15. The average molecular weight is 603 g/mol. The predicted molar refractivity (Wildman–Crippen MR) is 176 cm³/mol. The topological polar surface area (TPSA) is 87.5 Å². The van der Waals surface area contributed by atoms with Crippen molar-refractivity contribution >= 4 is 22.4 Å². The van der Waals surface area contributed by atoms with Crippen LogP contribution in [-0.4, -0.2) is 14.9 Å². The molecule has 7 nitrogen and oxygen atoms in total. The maximum Gasteiger partial charge on any atom is 0.131 e. The molecule has 0 bridgehead atoms. The van der Waals surface area contributed by atoms with E-state index in [9.17, 15) is 9.47 Å². The van der Waals surface area contributed by atoms with Gasteiger partial charge in [0, 0.05) is 48.6 Å². The highest BCUT2D eigenvalue weighted by Crippen LogP contribution is 2.31. The minimum atomic E-state index is -1.15. The van der Waals surface area contributed by atoms with Gasteiger partial charge < -0.3 is 19.1 Å². The van der Waals surface area contributed by atoms with E-state index in [-0.39, 0.29) is 0 Å². The summed E-state index contributed by atoms with van der Waals surface area (Å²) in [5.41, 5.74) is 6.62. The van der Waals surface area contributed by atoms with Gasteiger partial charge in [0.1, 0.15) is 34.8 Å². The van der Waals surface area contributed by atoms with Crippen LogP contribution in [-0.2, 0) is 30.7 Å². The number of nitrogens with zero attached hydrogens (tertiary/aromatic N) is 3. The van der Waals surface area contributed by atoms with Crippen molar-refractivity contribution in [1.82, 2.24) is 4.98 Å². The third-order valence-corrected chi connectivity index (χ3v) is 8.00. The number of hydrogen-bond acceptors (Lipinski definition) is 6. The van der Waals surface area contributed by atoms with Crippen molar-refractivity contribution in [2.45, 2.75) is 33.5 Å². The normalized spacial score (nSPS) is 11.3. The van der Waals surface area contributed by atoms with Crippen molar-refractivity contribution in [1.29, 1.82) is 5.26 Å². The Kier molecular flexibility index (Phi) is 10.2. The van der Waals surface area contributed by atoms with Crippen LogP contribution in [0.3, 0.4) is 0 Å². The molecule has 222 valence electrons. The summed E-state index contributed by atoms with van der Waals surface area (Å²) < 4.78 is 27.5. The zero-order valence-corrected chi connectivity index (χ0v) is 25.6. The summed E-state index contributed by atoms with van der Waals surface area (Å²) >= 11 is 0.